The van der Waals surface area contributed by atoms with Crippen LogP contribution in [0.3, 0.4) is 0 Å². The van der Waals surface area contributed by atoms with E-state index in [0.717, 1.165) is 17.7 Å². The summed E-state index contributed by atoms with van der Waals surface area (Å²) in [5, 5.41) is 0. The normalized spacial score (nSPS) is 12.6. The largest absolute Gasteiger partial charge is 0.372 e. The number of nitrogens with two attached hydrogens (primary N) is 1. The van der Waals surface area contributed by atoms with E-state index in [1.54, 1.807) is 23.5 Å². The number of hydrogen-bond donors (Lipinski definition) is 1. The van der Waals surface area contributed by atoms with E-state index in [2.05, 4.69) is 4.98 Å². The lowest BCUT2D eigenvalue weighted by Gasteiger charge is -2.16. The molecule has 0 bridgehead atoms. The molecule has 1 unspecified atom stereocenters. The predicted molar refractivity (Wildman–Crippen MR) is 74.7 cm³/mol. The van der Waals surface area contributed by atoms with Crippen molar-refractivity contribution in [1.82, 2.24) is 4.98 Å². The number of aromatic nitrogens is 1. The van der Waals surface area contributed by atoms with Gasteiger partial charge in [-0.25, -0.2) is 9.37 Å². The number of ether oxygens (including phenoxy) is 1. The van der Waals surface area contributed by atoms with Gasteiger partial charge in [0.05, 0.1) is 23.9 Å². The molecule has 0 aliphatic heterocycles. The SMILES string of the molecule is Cc1ncsc1CCOC(CN)c1ccc(F)cc1. The molecule has 0 saturated carbocycles. The van der Waals surface area contributed by atoms with Crippen LogP contribution < -0.4 is 5.73 Å². The van der Waals surface area contributed by atoms with Gasteiger partial charge < -0.3 is 10.5 Å². The van der Waals surface area contributed by atoms with Crippen molar-refractivity contribution in [3.05, 3.63) is 51.7 Å². The van der Waals surface area contributed by atoms with Gasteiger partial charge in [-0.3, -0.25) is 0 Å². The van der Waals surface area contributed by atoms with Crippen LogP contribution in [0, 0.1) is 12.7 Å². The number of benzene rings is 1. The van der Waals surface area contributed by atoms with Gasteiger partial charge >= 0.3 is 0 Å². The van der Waals surface area contributed by atoms with Crippen LogP contribution in [-0.2, 0) is 11.2 Å². The van der Waals surface area contributed by atoms with Gasteiger partial charge in [-0.1, -0.05) is 12.1 Å². The molecular formula is C14H17FN2OS. The fourth-order valence-electron chi connectivity index (χ4n) is 1.84. The third-order valence-electron chi connectivity index (χ3n) is 2.95. The van der Waals surface area contributed by atoms with E-state index < -0.39 is 0 Å². The molecule has 1 atom stereocenters. The van der Waals surface area contributed by atoms with E-state index in [1.807, 2.05) is 12.4 Å². The van der Waals surface area contributed by atoms with E-state index in [1.165, 1.54) is 17.0 Å². The summed E-state index contributed by atoms with van der Waals surface area (Å²) < 4.78 is 18.6. The molecule has 0 fully saturated rings. The zero-order valence-corrected chi connectivity index (χ0v) is 11.6. The molecule has 0 amide bonds. The molecule has 0 spiro atoms. The highest BCUT2D eigenvalue weighted by molar-refractivity contribution is 7.09. The second-order valence-corrected chi connectivity index (χ2v) is 5.20. The summed E-state index contributed by atoms with van der Waals surface area (Å²) in [6.45, 7) is 2.96. The topological polar surface area (TPSA) is 48.1 Å². The van der Waals surface area contributed by atoms with Crippen LogP contribution in [-0.4, -0.2) is 18.1 Å². The number of aryl methyl sites for hydroxylation is 1. The lowest BCUT2D eigenvalue weighted by Crippen LogP contribution is -2.17. The Morgan fingerprint density at radius 3 is 2.68 bits per heavy atom. The first-order valence-corrected chi connectivity index (χ1v) is 7.04. The first-order chi connectivity index (χ1) is 9.20. The highest BCUT2D eigenvalue weighted by Crippen LogP contribution is 2.18. The van der Waals surface area contributed by atoms with E-state index >= 15 is 0 Å². The van der Waals surface area contributed by atoms with Gasteiger partial charge in [-0.15, -0.1) is 11.3 Å². The highest BCUT2D eigenvalue weighted by atomic mass is 32.1. The maximum atomic E-state index is 12.9. The van der Waals surface area contributed by atoms with E-state index in [-0.39, 0.29) is 11.9 Å². The zero-order valence-electron chi connectivity index (χ0n) is 10.8. The molecule has 5 heteroatoms. The van der Waals surface area contributed by atoms with Crippen LogP contribution in [0.5, 0.6) is 0 Å². The molecule has 0 saturated heterocycles. The van der Waals surface area contributed by atoms with Crippen molar-refractivity contribution in [1.29, 1.82) is 0 Å². The van der Waals surface area contributed by atoms with Gasteiger partial charge in [-0.05, 0) is 24.6 Å². The molecule has 1 heterocycles. The summed E-state index contributed by atoms with van der Waals surface area (Å²) in [7, 11) is 0. The van der Waals surface area contributed by atoms with Crippen LogP contribution in [0.4, 0.5) is 4.39 Å². The quantitative estimate of drug-likeness (QED) is 0.885. The van der Waals surface area contributed by atoms with Crippen molar-refractivity contribution in [3.63, 3.8) is 0 Å². The Balaban J connectivity index is 1.89. The van der Waals surface area contributed by atoms with Crippen molar-refractivity contribution in [3.8, 4) is 0 Å². The fraction of sp³-hybridized carbons (Fsp3) is 0.357. The fourth-order valence-corrected chi connectivity index (χ4v) is 2.60. The second-order valence-electron chi connectivity index (χ2n) is 4.26. The Hall–Kier alpha value is -1.30. The first-order valence-electron chi connectivity index (χ1n) is 6.17. The highest BCUT2D eigenvalue weighted by Gasteiger charge is 2.10. The lowest BCUT2D eigenvalue weighted by molar-refractivity contribution is 0.0611. The molecule has 102 valence electrons. The summed E-state index contributed by atoms with van der Waals surface area (Å²) in [5.74, 6) is -0.250. The van der Waals surface area contributed by atoms with Crippen molar-refractivity contribution < 1.29 is 9.13 Å². The van der Waals surface area contributed by atoms with Crippen LogP contribution >= 0.6 is 11.3 Å². The smallest absolute Gasteiger partial charge is 0.123 e. The summed E-state index contributed by atoms with van der Waals surface area (Å²) in [6, 6.07) is 6.28. The minimum absolute atomic E-state index is 0.186. The minimum atomic E-state index is -0.250. The summed E-state index contributed by atoms with van der Waals surface area (Å²) in [4.78, 5) is 5.43. The van der Waals surface area contributed by atoms with E-state index in [4.69, 9.17) is 10.5 Å². The Bertz CT molecular complexity index is 512. The van der Waals surface area contributed by atoms with Crippen molar-refractivity contribution >= 4 is 11.3 Å². The summed E-state index contributed by atoms with van der Waals surface area (Å²) >= 11 is 1.63. The van der Waals surface area contributed by atoms with Crippen LogP contribution in [0.2, 0.25) is 0 Å². The number of thiazole rings is 1. The van der Waals surface area contributed by atoms with Crippen LogP contribution in [0.1, 0.15) is 22.2 Å². The van der Waals surface area contributed by atoms with Gasteiger partial charge in [0.1, 0.15) is 5.82 Å². The molecule has 2 rings (SSSR count). The molecule has 2 aromatic rings. The molecule has 19 heavy (non-hydrogen) atoms. The Kier molecular flexibility index (Phi) is 5.01. The third kappa shape index (κ3) is 3.83. The maximum absolute atomic E-state index is 12.9. The Morgan fingerprint density at radius 2 is 2.11 bits per heavy atom. The van der Waals surface area contributed by atoms with Crippen LogP contribution in [0.25, 0.3) is 0 Å². The summed E-state index contributed by atoms with van der Waals surface area (Å²) in [6.07, 6.45) is 0.641. The second kappa shape index (κ2) is 6.75. The lowest BCUT2D eigenvalue weighted by atomic mass is 10.1. The number of rotatable bonds is 6. The van der Waals surface area contributed by atoms with Gasteiger partial charge in [0.2, 0.25) is 0 Å². The van der Waals surface area contributed by atoms with Gasteiger partial charge in [0, 0.05) is 17.8 Å². The Morgan fingerprint density at radius 1 is 1.37 bits per heavy atom. The molecule has 0 aliphatic rings. The van der Waals surface area contributed by atoms with Gasteiger partial charge in [0.25, 0.3) is 0 Å². The van der Waals surface area contributed by atoms with Gasteiger partial charge in [-0.2, -0.15) is 0 Å². The van der Waals surface area contributed by atoms with Gasteiger partial charge in [0.15, 0.2) is 0 Å². The molecule has 0 aliphatic carbocycles. The number of halogens is 1. The molecule has 3 nitrogen and oxygen atoms in total. The molecular weight excluding hydrogens is 263 g/mol. The summed E-state index contributed by atoms with van der Waals surface area (Å²) in [5.41, 5.74) is 9.50. The van der Waals surface area contributed by atoms with E-state index in [0.29, 0.717) is 13.2 Å². The standard InChI is InChI=1S/C14H17FN2OS/c1-10-14(19-9-17-10)6-7-18-13(8-16)11-2-4-12(15)5-3-11/h2-5,9,13H,6-8,16H2,1H3. The van der Waals surface area contributed by atoms with Crippen molar-refractivity contribution in [2.75, 3.05) is 13.2 Å². The minimum Gasteiger partial charge on any atom is -0.372 e. The average Bonchev–Trinajstić information content (AvgIpc) is 2.82. The monoisotopic (exact) mass is 280 g/mol. The third-order valence-corrected chi connectivity index (χ3v) is 3.94. The molecule has 1 aromatic heterocycles. The zero-order chi connectivity index (χ0) is 13.7. The molecule has 0 radical (unpaired) electrons. The molecule has 1 aromatic carbocycles. The predicted octanol–water partition coefficient (Wildman–Crippen LogP) is 2.85. The molecule has 2 N–H and O–H groups in total. The van der Waals surface area contributed by atoms with E-state index in [9.17, 15) is 4.39 Å². The number of hydrogen-bond acceptors (Lipinski definition) is 4. The average molecular weight is 280 g/mol. The Labute approximate surface area is 116 Å². The first kappa shape index (κ1) is 14.1. The number of nitrogens with zero attached hydrogens (tertiary/aromatic N) is 1. The van der Waals surface area contributed by atoms with Crippen molar-refractivity contribution in [2.45, 2.75) is 19.4 Å². The van der Waals surface area contributed by atoms with Crippen molar-refractivity contribution in [2.24, 2.45) is 5.73 Å². The maximum Gasteiger partial charge on any atom is 0.123 e. The van der Waals surface area contributed by atoms with Crippen LogP contribution in [0.15, 0.2) is 29.8 Å².